The van der Waals surface area contributed by atoms with Gasteiger partial charge in [-0.15, -0.1) is 0 Å². The molecule has 1 aliphatic rings. The van der Waals surface area contributed by atoms with E-state index in [4.69, 9.17) is 0 Å². The van der Waals surface area contributed by atoms with Crippen molar-refractivity contribution in [2.45, 2.75) is 45.2 Å². The summed E-state index contributed by atoms with van der Waals surface area (Å²) in [6.07, 6.45) is 3.30. The van der Waals surface area contributed by atoms with Gasteiger partial charge in [0.1, 0.15) is 0 Å². The van der Waals surface area contributed by atoms with Crippen LogP contribution in [0.2, 0.25) is 0 Å². The normalized spacial score (nSPS) is 20.8. The molecule has 0 fully saturated rings. The third-order valence-corrected chi connectivity index (χ3v) is 3.53. The molecule has 0 aliphatic heterocycles. The van der Waals surface area contributed by atoms with Crippen LogP contribution in [0.3, 0.4) is 0 Å². The van der Waals surface area contributed by atoms with Gasteiger partial charge < -0.3 is 10.4 Å². The molecule has 2 N–H and O–H groups in total. The fraction of sp³-hybridized carbons (Fsp3) is 0.571. The average molecular weight is 219 g/mol. The summed E-state index contributed by atoms with van der Waals surface area (Å²) in [6, 6.07) is 7.38. The van der Waals surface area contributed by atoms with Crippen molar-refractivity contribution >= 4 is 0 Å². The molecular weight excluding hydrogens is 198 g/mol. The number of aryl methyl sites for hydroxylation is 2. The largest absolute Gasteiger partial charge is 0.395 e. The lowest BCUT2D eigenvalue weighted by Crippen LogP contribution is -2.34. The second-order valence-corrected chi connectivity index (χ2v) is 4.75. The Balaban J connectivity index is 2.13. The standard InChI is InChI=1S/C14H21NO/c1-3-12(9-16)15-14-7-6-11-5-4-10(2)8-13(11)14/h4-5,8,12,14-16H,3,6-7,9H2,1-2H3. The van der Waals surface area contributed by atoms with Crippen LogP contribution in [0.1, 0.15) is 42.5 Å². The number of nitrogens with one attached hydrogen (secondary N) is 1. The summed E-state index contributed by atoms with van der Waals surface area (Å²) in [5, 5.41) is 12.8. The number of fused-ring (bicyclic) bond motifs is 1. The summed E-state index contributed by atoms with van der Waals surface area (Å²) in [5.74, 6) is 0. The third kappa shape index (κ3) is 2.28. The Bertz CT molecular complexity index is 358. The van der Waals surface area contributed by atoms with Crippen molar-refractivity contribution in [3.05, 3.63) is 34.9 Å². The van der Waals surface area contributed by atoms with Gasteiger partial charge in [0.05, 0.1) is 6.61 Å². The molecule has 0 saturated heterocycles. The zero-order valence-electron chi connectivity index (χ0n) is 10.2. The van der Waals surface area contributed by atoms with Crippen LogP contribution in [-0.2, 0) is 6.42 Å². The lowest BCUT2D eigenvalue weighted by atomic mass is 10.0. The molecular formula is C14H21NO. The Morgan fingerprint density at radius 2 is 2.31 bits per heavy atom. The van der Waals surface area contributed by atoms with Gasteiger partial charge in [-0.05, 0) is 37.3 Å². The lowest BCUT2D eigenvalue weighted by Gasteiger charge is -2.21. The molecule has 2 rings (SSSR count). The van der Waals surface area contributed by atoms with E-state index >= 15 is 0 Å². The van der Waals surface area contributed by atoms with Crippen LogP contribution < -0.4 is 5.32 Å². The van der Waals surface area contributed by atoms with Crippen molar-refractivity contribution in [3.63, 3.8) is 0 Å². The van der Waals surface area contributed by atoms with E-state index in [0.29, 0.717) is 6.04 Å². The van der Waals surface area contributed by atoms with Crippen LogP contribution in [0.25, 0.3) is 0 Å². The topological polar surface area (TPSA) is 32.3 Å². The van der Waals surface area contributed by atoms with E-state index in [1.807, 2.05) is 0 Å². The number of hydrogen-bond donors (Lipinski definition) is 2. The summed E-state index contributed by atoms with van der Waals surface area (Å²) in [4.78, 5) is 0. The van der Waals surface area contributed by atoms with Crippen molar-refractivity contribution in [1.82, 2.24) is 5.32 Å². The van der Waals surface area contributed by atoms with Crippen LogP contribution in [0.15, 0.2) is 18.2 Å². The van der Waals surface area contributed by atoms with Gasteiger partial charge in [0, 0.05) is 12.1 Å². The minimum Gasteiger partial charge on any atom is -0.395 e. The van der Waals surface area contributed by atoms with Crippen molar-refractivity contribution < 1.29 is 5.11 Å². The van der Waals surface area contributed by atoms with Gasteiger partial charge in [0.2, 0.25) is 0 Å². The predicted octanol–water partition coefficient (Wildman–Crippen LogP) is 2.34. The summed E-state index contributed by atoms with van der Waals surface area (Å²) in [5.41, 5.74) is 4.23. The maximum atomic E-state index is 9.23. The Hall–Kier alpha value is -0.860. The van der Waals surface area contributed by atoms with E-state index in [0.717, 1.165) is 19.3 Å². The van der Waals surface area contributed by atoms with Crippen LogP contribution in [0.5, 0.6) is 0 Å². The fourth-order valence-electron chi connectivity index (χ4n) is 2.48. The summed E-state index contributed by atoms with van der Waals surface area (Å²) >= 11 is 0. The van der Waals surface area contributed by atoms with Crippen LogP contribution in [0, 0.1) is 6.92 Å². The quantitative estimate of drug-likeness (QED) is 0.814. The van der Waals surface area contributed by atoms with Gasteiger partial charge in [-0.2, -0.15) is 0 Å². The zero-order chi connectivity index (χ0) is 11.5. The smallest absolute Gasteiger partial charge is 0.0584 e. The summed E-state index contributed by atoms with van der Waals surface area (Å²) in [6.45, 7) is 4.48. The number of rotatable bonds is 4. The fourth-order valence-corrected chi connectivity index (χ4v) is 2.48. The first kappa shape index (κ1) is 11.6. The molecule has 0 heterocycles. The Kier molecular flexibility index (Phi) is 3.62. The molecule has 16 heavy (non-hydrogen) atoms. The zero-order valence-corrected chi connectivity index (χ0v) is 10.2. The Morgan fingerprint density at radius 1 is 1.50 bits per heavy atom. The molecule has 0 aromatic heterocycles. The third-order valence-electron chi connectivity index (χ3n) is 3.53. The average Bonchev–Trinajstić information content (AvgIpc) is 2.68. The molecule has 2 atom stereocenters. The van der Waals surface area contributed by atoms with E-state index in [9.17, 15) is 5.11 Å². The Morgan fingerprint density at radius 3 is 3.00 bits per heavy atom. The van der Waals surface area contributed by atoms with E-state index in [-0.39, 0.29) is 12.6 Å². The van der Waals surface area contributed by atoms with Crippen molar-refractivity contribution in [2.24, 2.45) is 0 Å². The minimum absolute atomic E-state index is 0.230. The maximum Gasteiger partial charge on any atom is 0.0584 e. The first-order valence-corrected chi connectivity index (χ1v) is 6.21. The summed E-state index contributed by atoms with van der Waals surface area (Å²) in [7, 11) is 0. The van der Waals surface area contributed by atoms with Crippen molar-refractivity contribution in [2.75, 3.05) is 6.61 Å². The number of benzene rings is 1. The summed E-state index contributed by atoms with van der Waals surface area (Å²) < 4.78 is 0. The number of aliphatic hydroxyl groups excluding tert-OH is 1. The number of aliphatic hydroxyl groups is 1. The molecule has 88 valence electrons. The first-order chi connectivity index (χ1) is 7.74. The molecule has 2 heteroatoms. The second-order valence-electron chi connectivity index (χ2n) is 4.75. The maximum absolute atomic E-state index is 9.23. The molecule has 0 bridgehead atoms. The molecule has 0 radical (unpaired) electrons. The van der Waals surface area contributed by atoms with Crippen LogP contribution in [-0.4, -0.2) is 17.8 Å². The highest BCUT2D eigenvalue weighted by atomic mass is 16.3. The molecule has 2 unspecified atom stereocenters. The van der Waals surface area contributed by atoms with Crippen molar-refractivity contribution in [1.29, 1.82) is 0 Å². The Labute approximate surface area is 97.7 Å². The highest BCUT2D eigenvalue weighted by Crippen LogP contribution is 2.32. The molecule has 0 spiro atoms. The van der Waals surface area contributed by atoms with Gasteiger partial charge in [0.25, 0.3) is 0 Å². The minimum atomic E-state index is 0.230. The lowest BCUT2D eigenvalue weighted by molar-refractivity contribution is 0.227. The monoisotopic (exact) mass is 219 g/mol. The van der Waals surface area contributed by atoms with E-state index in [1.54, 1.807) is 0 Å². The predicted molar refractivity (Wildman–Crippen MR) is 66.5 cm³/mol. The van der Waals surface area contributed by atoms with Gasteiger partial charge in [0.15, 0.2) is 0 Å². The highest BCUT2D eigenvalue weighted by Gasteiger charge is 2.23. The molecule has 1 aromatic carbocycles. The van der Waals surface area contributed by atoms with Gasteiger partial charge in [-0.1, -0.05) is 30.7 Å². The SMILES string of the molecule is CCC(CO)NC1CCc2ccc(C)cc21. The second kappa shape index (κ2) is 4.98. The molecule has 0 amide bonds. The van der Waals surface area contributed by atoms with Gasteiger partial charge >= 0.3 is 0 Å². The van der Waals surface area contributed by atoms with Crippen LogP contribution in [0.4, 0.5) is 0 Å². The van der Waals surface area contributed by atoms with E-state index in [1.165, 1.54) is 16.7 Å². The van der Waals surface area contributed by atoms with Gasteiger partial charge in [-0.25, -0.2) is 0 Å². The first-order valence-electron chi connectivity index (χ1n) is 6.21. The molecule has 1 aliphatic carbocycles. The van der Waals surface area contributed by atoms with E-state index < -0.39 is 0 Å². The highest BCUT2D eigenvalue weighted by molar-refractivity contribution is 5.37. The molecule has 2 nitrogen and oxygen atoms in total. The van der Waals surface area contributed by atoms with Crippen LogP contribution >= 0.6 is 0 Å². The number of hydrogen-bond acceptors (Lipinski definition) is 2. The van der Waals surface area contributed by atoms with E-state index in [2.05, 4.69) is 37.4 Å². The van der Waals surface area contributed by atoms with Crippen molar-refractivity contribution in [3.8, 4) is 0 Å². The molecule has 1 aromatic rings. The van der Waals surface area contributed by atoms with Gasteiger partial charge in [-0.3, -0.25) is 0 Å². The molecule has 0 saturated carbocycles.